The van der Waals surface area contributed by atoms with Gasteiger partial charge in [0.1, 0.15) is 0 Å². The van der Waals surface area contributed by atoms with E-state index in [2.05, 4.69) is 20.5 Å². The van der Waals surface area contributed by atoms with E-state index in [-0.39, 0.29) is 12.5 Å². The van der Waals surface area contributed by atoms with Crippen LogP contribution in [0.1, 0.15) is 21.7 Å². The molecular weight excluding hydrogens is 304 g/mol. The lowest BCUT2D eigenvalue weighted by atomic mass is 10.2. The third-order valence-corrected chi connectivity index (χ3v) is 3.70. The first-order valence-corrected chi connectivity index (χ1v) is 7.55. The molecule has 0 aliphatic heterocycles. The summed E-state index contributed by atoms with van der Waals surface area (Å²) in [7, 11) is 1.88. The van der Waals surface area contributed by atoms with Gasteiger partial charge in [-0.3, -0.25) is 9.78 Å². The van der Waals surface area contributed by atoms with Crippen LogP contribution >= 0.6 is 0 Å². The molecule has 0 saturated heterocycles. The minimum atomic E-state index is -0.220. The molecule has 7 nitrogen and oxygen atoms in total. The van der Waals surface area contributed by atoms with Crippen LogP contribution in [0, 0.1) is 0 Å². The molecule has 0 saturated carbocycles. The number of nitrogens with one attached hydrogen (secondary N) is 1. The molecule has 0 aliphatic rings. The van der Waals surface area contributed by atoms with Crippen molar-refractivity contribution in [3.63, 3.8) is 0 Å². The van der Waals surface area contributed by atoms with Crippen molar-refractivity contribution in [2.75, 3.05) is 0 Å². The topological polar surface area (TPSA) is 98.7 Å². The summed E-state index contributed by atoms with van der Waals surface area (Å²) in [4.78, 5) is 16.2. The van der Waals surface area contributed by atoms with Crippen LogP contribution in [-0.4, -0.2) is 25.7 Å². The molecule has 2 aromatic heterocycles. The van der Waals surface area contributed by atoms with Crippen LogP contribution in [0.15, 0.2) is 48.8 Å². The van der Waals surface area contributed by atoms with Crippen molar-refractivity contribution < 1.29 is 4.79 Å². The highest BCUT2D eigenvalue weighted by Gasteiger charge is 2.12. The third kappa shape index (κ3) is 3.31. The van der Waals surface area contributed by atoms with E-state index in [9.17, 15) is 4.79 Å². The molecule has 1 amide bonds. The van der Waals surface area contributed by atoms with Gasteiger partial charge in [0.15, 0.2) is 11.6 Å². The molecule has 24 heavy (non-hydrogen) atoms. The lowest BCUT2D eigenvalue weighted by Gasteiger charge is -2.07. The Morgan fingerprint density at radius 2 is 2.00 bits per heavy atom. The predicted octanol–water partition coefficient (Wildman–Crippen LogP) is 1.27. The number of aromatic nitrogens is 4. The van der Waals surface area contributed by atoms with Crippen molar-refractivity contribution in [1.29, 1.82) is 0 Å². The fourth-order valence-electron chi connectivity index (χ4n) is 2.34. The van der Waals surface area contributed by atoms with E-state index in [1.807, 2.05) is 41.9 Å². The fourth-order valence-corrected chi connectivity index (χ4v) is 2.34. The maximum Gasteiger partial charge on any atom is 0.253 e. The summed E-state index contributed by atoms with van der Waals surface area (Å²) >= 11 is 0. The normalized spacial score (nSPS) is 10.6. The minimum Gasteiger partial charge on any atom is -0.345 e. The molecule has 0 spiro atoms. The minimum absolute atomic E-state index is 0.220. The third-order valence-electron chi connectivity index (χ3n) is 3.70. The summed E-state index contributed by atoms with van der Waals surface area (Å²) in [6.07, 6.45) is 3.16. The lowest BCUT2D eigenvalue weighted by molar-refractivity contribution is 0.0949. The Labute approximate surface area is 139 Å². The molecule has 122 valence electrons. The number of nitrogens with two attached hydrogens (primary N) is 1. The van der Waals surface area contributed by atoms with Crippen LogP contribution in [0.5, 0.6) is 0 Å². The van der Waals surface area contributed by atoms with Gasteiger partial charge < -0.3 is 15.6 Å². The van der Waals surface area contributed by atoms with E-state index in [4.69, 9.17) is 5.73 Å². The largest absolute Gasteiger partial charge is 0.345 e. The van der Waals surface area contributed by atoms with Gasteiger partial charge in [0.2, 0.25) is 0 Å². The number of pyridine rings is 1. The molecule has 0 unspecified atom stereocenters. The quantitative estimate of drug-likeness (QED) is 0.737. The summed E-state index contributed by atoms with van der Waals surface area (Å²) in [5.74, 6) is 1.21. The fraction of sp³-hybridized carbons (Fsp3) is 0.176. The van der Waals surface area contributed by atoms with Crippen molar-refractivity contribution in [3.8, 4) is 11.4 Å². The van der Waals surface area contributed by atoms with Crippen LogP contribution in [0.2, 0.25) is 0 Å². The Morgan fingerprint density at radius 3 is 2.75 bits per heavy atom. The number of amides is 1. The molecule has 0 radical (unpaired) electrons. The zero-order chi connectivity index (χ0) is 16.9. The number of hydrogen-bond donors (Lipinski definition) is 2. The maximum atomic E-state index is 12.2. The average molecular weight is 322 g/mol. The number of carbonyl (C=O) groups is 1. The first-order chi connectivity index (χ1) is 11.7. The van der Waals surface area contributed by atoms with Crippen molar-refractivity contribution in [2.45, 2.75) is 13.1 Å². The van der Waals surface area contributed by atoms with Crippen LogP contribution in [0.25, 0.3) is 11.4 Å². The molecule has 1 aromatic carbocycles. The average Bonchev–Trinajstić information content (AvgIpc) is 3.01. The Bertz CT molecular complexity index is 843. The van der Waals surface area contributed by atoms with E-state index >= 15 is 0 Å². The highest BCUT2D eigenvalue weighted by atomic mass is 16.1. The first kappa shape index (κ1) is 15.8. The molecule has 3 N–H and O–H groups in total. The number of carbonyl (C=O) groups excluding carboxylic acids is 1. The van der Waals surface area contributed by atoms with Crippen molar-refractivity contribution in [3.05, 3.63) is 65.7 Å². The Balaban J connectivity index is 1.71. The number of rotatable bonds is 5. The first-order valence-electron chi connectivity index (χ1n) is 7.55. The molecule has 3 rings (SSSR count). The smallest absolute Gasteiger partial charge is 0.253 e. The number of nitrogens with zero attached hydrogens (tertiary/aromatic N) is 4. The van der Waals surface area contributed by atoms with Crippen LogP contribution in [-0.2, 0) is 20.1 Å². The summed E-state index contributed by atoms with van der Waals surface area (Å²) < 4.78 is 1.87. The molecule has 0 bridgehead atoms. The Morgan fingerprint density at radius 1 is 1.21 bits per heavy atom. The van der Waals surface area contributed by atoms with E-state index < -0.39 is 0 Å². The number of benzene rings is 1. The van der Waals surface area contributed by atoms with E-state index in [1.54, 1.807) is 12.3 Å². The highest BCUT2D eigenvalue weighted by molar-refractivity contribution is 5.93. The van der Waals surface area contributed by atoms with Gasteiger partial charge >= 0.3 is 0 Å². The SMILES string of the molecule is Cn1c(CNC(=O)c2cncc(CN)c2)nnc1-c1ccccc1. The van der Waals surface area contributed by atoms with Crippen molar-refractivity contribution in [2.24, 2.45) is 12.8 Å². The van der Waals surface area contributed by atoms with Gasteiger partial charge in [0.25, 0.3) is 5.91 Å². The summed E-state index contributed by atoms with van der Waals surface area (Å²) in [5, 5.41) is 11.2. The maximum absolute atomic E-state index is 12.2. The summed E-state index contributed by atoms with van der Waals surface area (Å²) in [6, 6.07) is 11.5. The Kier molecular flexibility index (Phi) is 4.62. The van der Waals surface area contributed by atoms with Crippen molar-refractivity contribution in [1.82, 2.24) is 25.1 Å². The monoisotopic (exact) mass is 322 g/mol. The second kappa shape index (κ2) is 7.01. The molecular formula is C17H18N6O. The van der Waals surface area contributed by atoms with E-state index in [0.29, 0.717) is 17.9 Å². The lowest BCUT2D eigenvalue weighted by Crippen LogP contribution is -2.24. The highest BCUT2D eigenvalue weighted by Crippen LogP contribution is 2.16. The van der Waals surface area contributed by atoms with Gasteiger partial charge in [-0.25, -0.2) is 0 Å². The molecule has 2 heterocycles. The number of hydrogen-bond acceptors (Lipinski definition) is 5. The van der Waals surface area contributed by atoms with Crippen LogP contribution in [0.3, 0.4) is 0 Å². The second-order valence-corrected chi connectivity index (χ2v) is 5.33. The molecule has 3 aromatic rings. The van der Waals surface area contributed by atoms with Crippen LogP contribution in [0.4, 0.5) is 0 Å². The Hall–Kier alpha value is -3.06. The van der Waals surface area contributed by atoms with Gasteiger partial charge in [-0.05, 0) is 11.6 Å². The van der Waals surface area contributed by atoms with Gasteiger partial charge in [-0.2, -0.15) is 0 Å². The van der Waals surface area contributed by atoms with E-state index in [0.717, 1.165) is 17.0 Å². The van der Waals surface area contributed by atoms with Gasteiger partial charge in [-0.15, -0.1) is 10.2 Å². The second-order valence-electron chi connectivity index (χ2n) is 5.33. The van der Waals surface area contributed by atoms with Gasteiger partial charge in [0, 0.05) is 31.5 Å². The van der Waals surface area contributed by atoms with Crippen molar-refractivity contribution >= 4 is 5.91 Å². The summed E-state index contributed by atoms with van der Waals surface area (Å²) in [5.41, 5.74) is 7.83. The molecule has 0 fully saturated rings. The standard InChI is InChI=1S/C17H18N6O/c1-23-15(21-22-16(23)13-5-3-2-4-6-13)11-20-17(24)14-7-12(8-18)9-19-10-14/h2-7,9-10H,8,11,18H2,1H3,(H,20,24). The van der Waals surface area contributed by atoms with Gasteiger partial charge in [0.05, 0.1) is 12.1 Å². The summed E-state index contributed by atoms with van der Waals surface area (Å²) in [6.45, 7) is 0.625. The predicted molar refractivity (Wildman–Crippen MR) is 89.7 cm³/mol. The molecule has 0 atom stereocenters. The zero-order valence-electron chi connectivity index (χ0n) is 13.3. The molecule has 7 heteroatoms. The van der Waals surface area contributed by atoms with Gasteiger partial charge in [-0.1, -0.05) is 30.3 Å². The molecule has 0 aliphatic carbocycles. The zero-order valence-corrected chi connectivity index (χ0v) is 13.3. The van der Waals surface area contributed by atoms with E-state index in [1.165, 1.54) is 6.20 Å². The van der Waals surface area contributed by atoms with Crippen LogP contribution < -0.4 is 11.1 Å².